The maximum absolute atomic E-state index is 12.5. The van der Waals surface area contributed by atoms with Crippen molar-refractivity contribution >= 4 is 5.78 Å². The second-order valence-electron chi connectivity index (χ2n) is 5.18. The van der Waals surface area contributed by atoms with E-state index in [1.54, 1.807) is 0 Å². The van der Waals surface area contributed by atoms with Crippen molar-refractivity contribution in [3.63, 3.8) is 0 Å². The van der Waals surface area contributed by atoms with Crippen LogP contribution in [0.25, 0.3) is 0 Å². The Labute approximate surface area is 109 Å². The molecule has 0 saturated heterocycles. The summed E-state index contributed by atoms with van der Waals surface area (Å²) in [6.45, 7) is 0.265. The van der Waals surface area contributed by atoms with E-state index in [9.17, 15) is 4.79 Å². The molecule has 2 rings (SSSR count). The van der Waals surface area contributed by atoms with Crippen LogP contribution in [0.15, 0.2) is 24.3 Å². The van der Waals surface area contributed by atoms with Gasteiger partial charge in [0.25, 0.3) is 0 Å². The molecule has 18 heavy (non-hydrogen) atoms. The monoisotopic (exact) mass is 246 g/mol. The molecule has 0 fully saturated rings. The molecule has 0 amide bonds. The highest BCUT2D eigenvalue weighted by molar-refractivity contribution is 5.99. The smallest absolute Gasteiger partial charge is 0.166 e. The first kappa shape index (κ1) is 13.3. The third-order valence-electron chi connectivity index (χ3n) is 3.86. The third-order valence-corrected chi connectivity index (χ3v) is 3.86. The van der Waals surface area contributed by atoms with Crippen LogP contribution in [0.4, 0.5) is 0 Å². The number of fused-ring (bicyclic) bond motifs is 1. The molecule has 0 heterocycles. The molecule has 2 heteroatoms. The summed E-state index contributed by atoms with van der Waals surface area (Å²) in [4.78, 5) is 12.5. The minimum Gasteiger partial charge on any atom is -0.396 e. The van der Waals surface area contributed by atoms with Crippen LogP contribution < -0.4 is 0 Å². The number of carbonyl (C=O) groups is 1. The van der Waals surface area contributed by atoms with Gasteiger partial charge in [-0.25, -0.2) is 0 Å². The summed E-state index contributed by atoms with van der Waals surface area (Å²) in [5, 5.41) is 8.76. The number of hydrogen-bond acceptors (Lipinski definition) is 2. The average Bonchev–Trinajstić information content (AvgIpc) is 2.56. The highest BCUT2D eigenvalue weighted by Crippen LogP contribution is 2.27. The topological polar surface area (TPSA) is 37.3 Å². The van der Waals surface area contributed by atoms with Crippen LogP contribution in [-0.4, -0.2) is 17.5 Å². The molecule has 1 aliphatic rings. The van der Waals surface area contributed by atoms with Gasteiger partial charge in [-0.05, 0) is 37.7 Å². The van der Waals surface area contributed by atoms with Crippen molar-refractivity contribution < 1.29 is 9.90 Å². The fraction of sp³-hybridized carbons (Fsp3) is 0.562. The molecular weight excluding hydrogens is 224 g/mol. The van der Waals surface area contributed by atoms with Gasteiger partial charge in [0.2, 0.25) is 0 Å². The second-order valence-corrected chi connectivity index (χ2v) is 5.18. The second kappa shape index (κ2) is 6.69. The largest absolute Gasteiger partial charge is 0.396 e. The predicted molar refractivity (Wildman–Crippen MR) is 72.8 cm³/mol. The lowest BCUT2D eigenvalue weighted by Crippen LogP contribution is -2.14. The van der Waals surface area contributed by atoms with E-state index < -0.39 is 0 Å². The number of benzene rings is 1. The number of aryl methyl sites for hydroxylation is 1. The van der Waals surface area contributed by atoms with Crippen molar-refractivity contribution in [2.75, 3.05) is 6.61 Å². The Morgan fingerprint density at radius 1 is 1.17 bits per heavy atom. The van der Waals surface area contributed by atoms with E-state index >= 15 is 0 Å². The van der Waals surface area contributed by atoms with Crippen LogP contribution in [0.1, 0.15) is 54.4 Å². The predicted octanol–water partition coefficient (Wildman–Crippen LogP) is 3.37. The highest BCUT2D eigenvalue weighted by atomic mass is 16.2. The van der Waals surface area contributed by atoms with Gasteiger partial charge >= 0.3 is 0 Å². The van der Waals surface area contributed by atoms with E-state index in [1.165, 1.54) is 5.56 Å². The Kier molecular flexibility index (Phi) is 4.94. The molecule has 0 radical (unpaired) electrons. The van der Waals surface area contributed by atoms with E-state index in [0.29, 0.717) is 5.78 Å². The first-order valence-electron chi connectivity index (χ1n) is 7.06. The Morgan fingerprint density at radius 2 is 2.00 bits per heavy atom. The summed E-state index contributed by atoms with van der Waals surface area (Å²) in [7, 11) is 0. The fourth-order valence-electron chi connectivity index (χ4n) is 2.82. The van der Waals surface area contributed by atoms with Gasteiger partial charge < -0.3 is 5.11 Å². The quantitative estimate of drug-likeness (QED) is 0.639. The molecule has 0 aliphatic heterocycles. The summed E-state index contributed by atoms with van der Waals surface area (Å²) in [6.07, 6.45) is 7.10. The Hall–Kier alpha value is -1.15. The molecular formula is C16H22O2. The molecule has 1 aliphatic carbocycles. The number of rotatable bonds is 5. The lowest BCUT2D eigenvalue weighted by molar-refractivity contribution is 0.0907. The lowest BCUT2D eigenvalue weighted by Gasteiger charge is -2.13. The van der Waals surface area contributed by atoms with Crippen LogP contribution in [0.2, 0.25) is 0 Å². The van der Waals surface area contributed by atoms with Crippen LogP contribution in [0, 0.1) is 5.92 Å². The van der Waals surface area contributed by atoms with Crippen molar-refractivity contribution in [1.82, 2.24) is 0 Å². The number of Topliss-reactive ketones (excluding diaryl/α,β-unsaturated/α-hetero) is 1. The van der Waals surface area contributed by atoms with E-state index in [-0.39, 0.29) is 12.5 Å². The van der Waals surface area contributed by atoms with Crippen molar-refractivity contribution in [2.45, 2.75) is 44.9 Å². The average molecular weight is 246 g/mol. The zero-order valence-electron chi connectivity index (χ0n) is 10.9. The van der Waals surface area contributed by atoms with Crippen LogP contribution in [0.3, 0.4) is 0 Å². The minimum atomic E-state index is 0.201. The van der Waals surface area contributed by atoms with Crippen LogP contribution in [-0.2, 0) is 6.42 Å². The molecule has 0 bridgehead atoms. The summed E-state index contributed by atoms with van der Waals surface area (Å²) in [5.74, 6) is 0.541. The lowest BCUT2D eigenvalue weighted by atomic mass is 9.90. The normalized spacial score (nSPS) is 19.4. The molecule has 1 aromatic carbocycles. The summed E-state index contributed by atoms with van der Waals surface area (Å²) >= 11 is 0. The van der Waals surface area contributed by atoms with Crippen LogP contribution >= 0.6 is 0 Å². The zero-order valence-corrected chi connectivity index (χ0v) is 10.9. The Balaban J connectivity index is 1.99. The summed E-state index contributed by atoms with van der Waals surface area (Å²) in [5.41, 5.74) is 2.17. The van der Waals surface area contributed by atoms with E-state index in [1.807, 2.05) is 18.2 Å². The standard InChI is InChI=1S/C16H22O2/c17-12-5-1-2-8-14-10-6-9-13-7-3-4-11-15(13)16(14)18/h3-4,7,11,14,17H,1-2,5-6,8-10,12H2. The SMILES string of the molecule is O=C1c2ccccc2CCCC1CCCCCO. The Bertz CT molecular complexity index is 398. The van der Waals surface area contributed by atoms with Gasteiger partial charge in [-0.2, -0.15) is 0 Å². The molecule has 2 nitrogen and oxygen atoms in total. The third kappa shape index (κ3) is 3.20. The fourth-order valence-corrected chi connectivity index (χ4v) is 2.82. The maximum Gasteiger partial charge on any atom is 0.166 e. The molecule has 0 saturated carbocycles. The molecule has 0 spiro atoms. The van der Waals surface area contributed by atoms with Crippen molar-refractivity contribution in [3.8, 4) is 0 Å². The van der Waals surface area contributed by atoms with Gasteiger partial charge in [0.1, 0.15) is 0 Å². The molecule has 1 aromatic rings. The number of ketones is 1. The van der Waals surface area contributed by atoms with Gasteiger partial charge in [0, 0.05) is 18.1 Å². The summed E-state index contributed by atoms with van der Waals surface area (Å²) in [6, 6.07) is 8.05. The molecule has 98 valence electrons. The number of carbonyl (C=O) groups excluding carboxylic acids is 1. The molecule has 1 atom stereocenters. The first-order chi connectivity index (χ1) is 8.83. The van der Waals surface area contributed by atoms with Gasteiger partial charge in [-0.15, -0.1) is 0 Å². The van der Waals surface area contributed by atoms with Crippen molar-refractivity contribution in [2.24, 2.45) is 5.92 Å². The minimum absolute atomic E-state index is 0.201. The number of aliphatic hydroxyl groups is 1. The molecule has 1 unspecified atom stereocenters. The van der Waals surface area contributed by atoms with E-state index in [4.69, 9.17) is 5.11 Å². The van der Waals surface area contributed by atoms with Gasteiger partial charge in [0.05, 0.1) is 0 Å². The van der Waals surface area contributed by atoms with E-state index in [2.05, 4.69) is 6.07 Å². The van der Waals surface area contributed by atoms with Gasteiger partial charge in [0.15, 0.2) is 5.78 Å². The van der Waals surface area contributed by atoms with Gasteiger partial charge in [-0.1, -0.05) is 37.1 Å². The highest BCUT2D eigenvalue weighted by Gasteiger charge is 2.24. The maximum atomic E-state index is 12.5. The van der Waals surface area contributed by atoms with Crippen molar-refractivity contribution in [3.05, 3.63) is 35.4 Å². The Morgan fingerprint density at radius 3 is 2.83 bits per heavy atom. The zero-order chi connectivity index (χ0) is 12.8. The van der Waals surface area contributed by atoms with Crippen molar-refractivity contribution in [1.29, 1.82) is 0 Å². The van der Waals surface area contributed by atoms with Gasteiger partial charge in [-0.3, -0.25) is 4.79 Å². The van der Waals surface area contributed by atoms with E-state index in [0.717, 1.165) is 50.5 Å². The number of hydrogen-bond donors (Lipinski definition) is 1. The van der Waals surface area contributed by atoms with Crippen LogP contribution in [0.5, 0.6) is 0 Å². The molecule has 1 N–H and O–H groups in total. The first-order valence-corrected chi connectivity index (χ1v) is 7.06. The number of aliphatic hydroxyl groups excluding tert-OH is 1. The molecule has 0 aromatic heterocycles. The summed E-state index contributed by atoms with van der Waals surface area (Å²) < 4.78 is 0. The number of unbranched alkanes of at least 4 members (excludes halogenated alkanes) is 2.